The predicted molar refractivity (Wildman–Crippen MR) is 63.7 cm³/mol. The van der Waals surface area contributed by atoms with E-state index < -0.39 is 0 Å². The van der Waals surface area contributed by atoms with Gasteiger partial charge < -0.3 is 9.69 Å². The van der Waals surface area contributed by atoms with Crippen molar-refractivity contribution in [1.29, 1.82) is 0 Å². The van der Waals surface area contributed by atoms with E-state index in [1.165, 1.54) is 16.7 Å². The number of amides is 1. The fourth-order valence-corrected chi connectivity index (χ4v) is 2.03. The Bertz CT molecular complexity index is 258. The van der Waals surface area contributed by atoms with Gasteiger partial charge >= 0.3 is 0 Å². The molecule has 0 rings (SSSR count). The highest BCUT2D eigenvalue weighted by atomic mass is 32.2. The smallest absolute Gasteiger partial charge is 0.224 e. The van der Waals surface area contributed by atoms with Crippen molar-refractivity contribution in [3.8, 4) is 12.3 Å². The molecule has 15 heavy (non-hydrogen) atoms. The molecular formula is C11H17NO2S. The van der Waals surface area contributed by atoms with E-state index in [-0.39, 0.29) is 24.1 Å². The summed E-state index contributed by atoms with van der Waals surface area (Å²) in [5, 5.41) is 0.0728. The number of hydrogen-bond acceptors (Lipinski definition) is 3. The lowest BCUT2D eigenvalue weighted by atomic mass is 10.3. The maximum Gasteiger partial charge on any atom is 0.224 e. The minimum Gasteiger partial charge on any atom is -0.335 e. The summed E-state index contributed by atoms with van der Waals surface area (Å²) in [4.78, 5) is 23.7. The minimum absolute atomic E-state index is 0.0850. The van der Waals surface area contributed by atoms with Crippen LogP contribution >= 0.6 is 11.8 Å². The van der Waals surface area contributed by atoms with Gasteiger partial charge in [0.1, 0.15) is 6.29 Å². The van der Waals surface area contributed by atoms with Crippen molar-refractivity contribution in [3.63, 3.8) is 0 Å². The highest BCUT2D eigenvalue weighted by Gasteiger charge is 2.17. The first-order valence-corrected chi connectivity index (χ1v) is 5.73. The Kier molecular flexibility index (Phi) is 6.89. The first-order valence-electron chi connectivity index (χ1n) is 4.79. The summed E-state index contributed by atoms with van der Waals surface area (Å²) in [5.74, 6) is 2.31. The van der Waals surface area contributed by atoms with E-state index in [1.54, 1.807) is 7.05 Å². The summed E-state index contributed by atoms with van der Waals surface area (Å²) in [6.07, 6.45) is 6.15. The molecule has 0 radical (unpaired) electrons. The van der Waals surface area contributed by atoms with Gasteiger partial charge in [-0.1, -0.05) is 19.8 Å². The minimum atomic E-state index is -0.266. The third kappa shape index (κ3) is 6.19. The molecule has 0 fully saturated rings. The van der Waals surface area contributed by atoms with Gasteiger partial charge in [-0.05, 0) is 5.25 Å². The Morgan fingerprint density at radius 1 is 1.60 bits per heavy atom. The summed E-state index contributed by atoms with van der Waals surface area (Å²) in [6.45, 7) is 4.28. The van der Waals surface area contributed by atoms with E-state index in [2.05, 4.69) is 5.92 Å². The van der Waals surface area contributed by atoms with Crippen molar-refractivity contribution in [2.24, 2.45) is 0 Å². The fourth-order valence-electron chi connectivity index (χ4n) is 1.03. The lowest BCUT2D eigenvalue weighted by molar-refractivity contribution is -0.130. The predicted octanol–water partition coefficient (Wildman–Crippen LogP) is 1.18. The van der Waals surface area contributed by atoms with Gasteiger partial charge in [-0.2, -0.15) is 0 Å². The maximum absolute atomic E-state index is 11.5. The topological polar surface area (TPSA) is 37.4 Å². The number of thioether (sulfide) groups is 1. The second kappa shape index (κ2) is 7.36. The highest BCUT2D eigenvalue weighted by Crippen LogP contribution is 2.18. The fraction of sp³-hybridized carbons (Fsp3) is 0.636. The Morgan fingerprint density at radius 3 is 2.60 bits per heavy atom. The van der Waals surface area contributed by atoms with Crippen LogP contribution in [0.2, 0.25) is 0 Å². The second-order valence-electron chi connectivity index (χ2n) is 3.52. The highest BCUT2D eigenvalue weighted by molar-refractivity contribution is 8.01. The number of rotatable bonds is 6. The third-order valence-electron chi connectivity index (χ3n) is 1.73. The number of terminal acetylenes is 1. The van der Waals surface area contributed by atoms with Crippen LogP contribution in [0, 0.1) is 12.3 Å². The molecule has 1 unspecified atom stereocenters. The Morgan fingerprint density at radius 2 is 2.20 bits per heavy atom. The zero-order valence-electron chi connectivity index (χ0n) is 9.40. The van der Waals surface area contributed by atoms with Crippen LogP contribution in [0.15, 0.2) is 0 Å². The summed E-state index contributed by atoms with van der Waals surface area (Å²) >= 11 is 1.50. The molecule has 0 aromatic rings. The Balaban J connectivity index is 4.13. The van der Waals surface area contributed by atoms with Gasteiger partial charge in [0.2, 0.25) is 5.91 Å². The van der Waals surface area contributed by atoms with Crippen molar-refractivity contribution >= 4 is 24.0 Å². The molecule has 0 aliphatic carbocycles. The standard InChI is InChI=1S/C11H17NO2S/c1-5-6-12(4)11(14)7-10(8-13)15-9(2)3/h1,8-10H,6-7H2,2-4H3. The van der Waals surface area contributed by atoms with E-state index in [0.29, 0.717) is 5.25 Å². The van der Waals surface area contributed by atoms with Crippen LogP contribution in [0.25, 0.3) is 0 Å². The lowest BCUT2D eigenvalue weighted by Gasteiger charge is -2.17. The molecule has 0 aliphatic rings. The van der Waals surface area contributed by atoms with Gasteiger partial charge in [-0.25, -0.2) is 0 Å². The summed E-state index contributed by atoms with van der Waals surface area (Å²) in [7, 11) is 1.64. The van der Waals surface area contributed by atoms with Crippen molar-refractivity contribution in [1.82, 2.24) is 4.90 Å². The zero-order valence-corrected chi connectivity index (χ0v) is 10.2. The van der Waals surface area contributed by atoms with E-state index >= 15 is 0 Å². The molecule has 0 saturated carbocycles. The quantitative estimate of drug-likeness (QED) is 0.505. The van der Waals surface area contributed by atoms with Crippen LogP contribution in [0.5, 0.6) is 0 Å². The average Bonchev–Trinajstić information content (AvgIpc) is 2.16. The van der Waals surface area contributed by atoms with Gasteiger partial charge in [0.15, 0.2) is 0 Å². The maximum atomic E-state index is 11.5. The summed E-state index contributed by atoms with van der Waals surface area (Å²) < 4.78 is 0. The average molecular weight is 227 g/mol. The molecular weight excluding hydrogens is 210 g/mol. The molecule has 84 valence electrons. The van der Waals surface area contributed by atoms with Crippen LogP contribution in [-0.4, -0.2) is 41.2 Å². The zero-order chi connectivity index (χ0) is 11.8. The van der Waals surface area contributed by atoms with Crippen LogP contribution in [0.1, 0.15) is 20.3 Å². The van der Waals surface area contributed by atoms with Gasteiger partial charge in [0.05, 0.1) is 11.8 Å². The largest absolute Gasteiger partial charge is 0.335 e. The molecule has 0 heterocycles. The number of nitrogens with zero attached hydrogens (tertiary/aromatic N) is 1. The lowest BCUT2D eigenvalue weighted by Crippen LogP contribution is -2.30. The molecule has 0 N–H and O–H groups in total. The van der Waals surface area contributed by atoms with Gasteiger partial charge in [-0.3, -0.25) is 4.79 Å². The molecule has 1 amide bonds. The normalized spacial score (nSPS) is 11.9. The molecule has 1 atom stereocenters. The molecule has 4 heteroatoms. The Hall–Kier alpha value is -0.950. The molecule has 0 aromatic carbocycles. The number of carbonyl (C=O) groups is 2. The van der Waals surface area contributed by atoms with E-state index in [9.17, 15) is 9.59 Å². The first kappa shape index (κ1) is 14.1. The van der Waals surface area contributed by atoms with Gasteiger partial charge in [0, 0.05) is 13.5 Å². The van der Waals surface area contributed by atoms with Crippen molar-refractivity contribution in [2.45, 2.75) is 30.8 Å². The number of carbonyl (C=O) groups excluding carboxylic acids is 2. The SMILES string of the molecule is C#CCN(C)C(=O)CC(C=O)SC(C)C. The van der Waals surface area contributed by atoms with E-state index in [4.69, 9.17) is 6.42 Å². The molecule has 0 aromatic heterocycles. The van der Waals surface area contributed by atoms with E-state index in [1.807, 2.05) is 13.8 Å². The molecule has 0 aliphatic heterocycles. The van der Waals surface area contributed by atoms with Crippen LogP contribution in [-0.2, 0) is 9.59 Å². The molecule has 3 nitrogen and oxygen atoms in total. The third-order valence-corrected chi connectivity index (χ3v) is 2.90. The molecule has 0 bridgehead atoms. The molecule has 0 saturated heterocycles. The number of hydrogen-bond donors (Lipinski definition) is 0. The van der Waals surface area contributed by atoms with Gasteiger partial charge in [0.25, 0.3) is 0 Å². The first-order chi connectivity index (χ1) is 7.01. The summed E-state index contributed by atoms with van der Waals surface area (Å²) in [5.41, 5.74) is 0. The van der Waals surface area contributed by atoms with Crippen LogP contribution < -0.4 is 0 Å². The van der Waals surface area contributed by atoms with Crippen LogP contribution in [0.3, 0.4) is 0 Å². The monoisotopic (exact) mass is 227 g/mol. The summed E-state index contributed by atoms with van der Waals surface area (Å²) in [6, 6.07) is 0. The molecule has 0 spiro atoms. The van der Waals surface area contributed by atoms with Crippen molar-refractivity contribution in [3.05, 3.63) is 0 Å². The van der Waals surface area contributed by atoms with Crippen molar-refractivity contribution in [2.75, 3.05) is 13.6 Å². The van der Waals surface area contributed by atoms with Crippen molar-refractivity contribution < 1.29 is 9.59 Å². The Labute approximate surface area is 95.6 Å². The number of aldehydes is 1. The second-order valence-corrected chi connectivity index (χ2v) is 5.34. The van der Waals surface area contributed by atoms with Gasteiger partial charge in [-0.15, -0.1) is 18.2 Å². The van der Waals surface area contributed by atoms with E-state index in [0.717, 1.165) is 6.29 Å². The van der Waals surface area contributed by atoms with Crippen LogP contribution in [0.4, 0.5) is 0 Å².